The Hall–Kier alpha value is -4.44. The van der Waals surface area contributed by atoms with Crippen LogP contribution in [0.5, 0.6) is 11.8 Å². The Balaban J connectivity index is 0.000000548. The summed E-state index contributed by atoms with van der Waals surface area (Å²) in [6, 6.07) is 5.78. The number of aromatic hydroxyl groups is 1. The smallest absolute Gasteiger partial charge is 0.490 e. The third-order valence-corrected chi connectivity index (χ3v) is 10.9. The highest BCUT2D eigenvalue weighted by Crippen LogP contribution is 2.45. The molecule has 4 aliphatic heterocycles. The number of phenols is 1. The van der Waals surface area contributed by atoms with Gasteiger partial charge in [0, 0.05) is 30.8 Å². The van der Waals surface area contributed by atoms with E-state index in [0.29, 0.717) is 53.3 Å². The summed E-state index contributed by atoms with van der Waals surface area (Å²) >= 11 is 0. The van der Waals surface area contributed by atoms with E-state index in [1.807, 2.05) is 6.92 Å². The Morgan fingerprint density at radius 2 is 1.87 bits per heavy atom. The molecule has 0 aliphatic carbocycles. The van der Waals surface area contributed by atoms with Gasteiger partial charge in [-0.05, 0) is 86.0 Å². The molecule has 3 unspecified atom stereocenters. The molecule has 0 amide bonds. The maximum Gasteiger partial charge on any atom is 0.490 e. The van der Waals surface area contributed by atoms with Crippen molar-refractivity contribution in [1.29, 1.82) is 0 Å². The van der Waals surface area contributed by atoms with Crippen LogP contribution < -0.4 is 9.64 Å². The molecule has 8 rings (SSSR count). The number of phenolic OH excluding ortho intramolecular Hbond substituents is 1. The summed E-state index contributed by atoms with van der Waals surface area (Å²) in [6.45, 7) is 3.20. The van der Waals surface area contributed by atoms with E-state index in [-0.39, 0.29) is 47.2 Å². The molecule has 4 aliphatic rings. The topological polar surface area (TPSA) is 132 Å². The summed E-state index contributed by atoms with van der Waals surface area (Å²) in [6.07, 6.45) is 0.620. The van der Waals surface area contributed by atoms with E-state index in [0.717, 1.165) is 38.6 Å². The second kappa shape index (κ2) is 13.5. The lowest BCUT2D eigenvalue weighted by Crippen LogP contribution is -2.48. The molecule has 0 saturated carbocycles. The van der Waals surface area contributed by atoms with Crippen molar-refractivity contribution in [1.82, 2.24) is 19.9 Å². The lowest BCUT2D eigenvalue weighted by Gasteiger charge is -2.39. The van der Waals surface area contributed by atoms with Crippen LogP contribution in [0.25, 0.3) is 32.9 Å². The van der Waals surface area contributed by atoms with Gasteiger partial charge in [-0.2, -0.15) is 23.1 Å². The Kier molecular flexibility index (Phi) is 9.34. The van der Waals surface area contributed by atoms with E-state index in [9.17, 15) is 32.2 Å². The number of hydrogen-bond acceptors (Lipinski definition) is 9. The molecular formula is C36H37F6N5O5. The number of ether oxygens (including phenoxy) is 1. The maximum atomic E-state index is 16.9. The largest absolute Gasteiger partial charge is 0.508 e. The average Bonchev–Trinajstić information content (AvgIpc) is 3.74. The van der Waals surface area contributed by atoms with Crippen LogP contribution in [-0.2, 0) is 11.2 Å². The van der Waals surface area contributed by atoms with Crippen molar-refractivity contribution < 1.29 is 51.2 Å². The number of fused-ring (bicyclic) bond motifs is 5. The number of aliphatic hydroxyl groups is 1. The third kappa shape index (κ3) is 6.33. The number of benzene rings is 2. The fraction of sp³-hybridized carbons (Fsp3) is 0.500. The van der Waals surface area contributed by atoms with Crippen molar-refractivity contribution in [2.75, 3.05) is 24.6 Å². The molecule has 4 aromatic rings. The zero-order valence-electron chi connectivity index (χ0n) is 28.1. The van der Waals surface area contributed by atoms with Crippen LogP contribution in [0.1, 0.15) is 57.4 Å². The van der Waals surface area contributed by atoms with Crippen LogP contribution in [0.15, 0.2) is 30.5 Å². The number of carboxylic acids is 1. The molecule has 4 saturated heterocycles. The number of piperidine rings is 1. The van der Waals surface area contributed by atoms with Gasteiger partial charge in [0.15, 0.2) is 5.82 Å². The molecule has 16 heteroatoms. The third-order valence-electron chi connectivity index (χ3n) is 10.9. The minimum absolute atomic E-state index is 0.0130. The molecule has 278 valence electrons. The average molecular weight is 734 g/mol. The van der Waals surface area contributed by atoms with Gasteiger partial charge in [0.1, 0.15) is 41.4 Å². The molecule has 2 aromatic carbocycles. The van der Waals surface area contributed by atoms with Crippen LogP contribution >= 0.6 is 0 Å². The number of halogens is 6. The van der Waals surface area contributed by atoms with Gasteiger partial charge in [-0.15, -0.1) is 0 Å². The Labute approximate surface area is 294 Å². The van der Waals surface area contributed by atoms with Crippen molar-refractivity contribution in [3.8, 4) is 23.0 Å². The monoisotopic (exact) mass is 733 g/mol. The first-order chi connectivity index (χ1) is 24.7. The highest BCUT2D eigenvalue weighted by molar-refractivity contribution is 6.01. The number of nitrogens with zero attached hydrogens (tertiary/aromatic N) is 5. The highest BCUT2D eigenvalue weighted by Gasteiger charge is 2.50. The first-order valence-electron chi connectivity index (χ1n) is 17.3. The molecule has 0 spiro atoms. The fourth-order valence-corrected chi connectivity index (χ4v) is 8.61. The summed E-state index contributed by atoms with van der Waals surface area (Å²) in [4.78, 5) is 27.0. The van der Waals surface area contributed by atoms with Gasteiger partial charge < -0.3 is 25.0 Å². The second-order valence-corrected chi connectivity index (χ2v) is 14.0. The minimum Gasteiger partial charge on any atom is -0.508 e. The summed E-state index contributed by atoms with van der Waals surface area (Å²) in [5, 5.41) is 30.0. The minimum atomic E-state index is -5.08. The molecule has 52 heavy (non-hydrogen) atoms. The van der Waals surface area contributed by atoms with Crippen LogP contribution in [0.2, 0.25) is 0 Å². The number of rotatable bonds is 6. The highest BCUT2D eigenvalue weighted by atomic mass is 19.4. The van der Waals surface area contributed by atoms with Crippen molar-refractivity contribution in [3.63, 3.8) is 0 Å². The van der Waals surface area contributed by atoms with Crippen LogP contribution in [0.3, 0.4) is 0 Å². The Morgan fingerprint density at radius 3 is 2.60 bits per heavy atom. The number of aryl methyl sites for hydroxylation is 1. The van der Waals surface area contributed by atoms with Crippen LogP contribution in [-0.4, -0.2) is 96.9 Å². The summed E-state index contributed by atoms with van der Waals surface area (Å²) in [5.74, 6) is -3.56. The van der Waals surface area contributed by atoms with E-state index < -0.39 is 41.6 Å². The number of carbonyl (C=O) groups is 1. The van der Waals surface area contributed by atoms with Crippen molar-refractivity contribution in [2.45, 2.75) is 94.4 Å². The van der Waals surface area contributed by atoms with E-state index in [1.165, 1.54) is 24.4 Å². The van der Waals surface area contributed by atoms with Gasteiger partial charge in [0.05, 0.1) is 23.1 Å². The number of carboxylic acid groups (broad SMARTS) is 1. The number of aromatic nitrogens is 3. The predicted molar refractivity (Wildman–Crippen MR) is 178 cm³/mol. The van der Waals surface area contributed by atoms with E-state index in [1.54, 1.807) is 6.07 Å². The predicted octanol–water partition coefficient (Wildman–Crippen LogP) is 6.47. The normalized spacial score (nSPS) is 25.7. The number of aliphatic hydroxyl groups excluding tert-OH is 1. The van der Waals surface area contributed by atoms with Crippen LogP contribution in [0, 0.1) is 11.6 Å². The van der Waals surface area contributed by atoms with E-state index in [2.05, 4.69) is 19.8 Å². The number of anilines is 1. The van der Waals surface area contributed by atoms with Gasteiger partial charge in [-0.3, -0.25) is 9.88 Å². The van der Waals surface area contributed by atoms with Gasteiger partial charge in [0.2, 0.25) is 0 Å². The van der Waals surface area contributed by atoms with Gasteiger partial charge in [-0.25, -0.2) is 18.0 Å². The van der Waals surface area contributed by atoms with Crippen LogP contribution in [0.4, 0.5) is 32.2 Å². The lowest BCUT2D eigenvalue weighted by atomic mass is 9.94. The fourth-order valence-electron chi connectivity index (χ4n) is 8.61. The zero-order chi connectivity index (χ0) is 37.1. The summed E-state index contributed by atoms with van der Waals surface area (Å²) in [5.41, 5.74) is 0.135. The van der Waals surface area contributed by atoms with Gasteiger partial charge >= 0.3 is 18.2 Å². The van der Waals surface area contributed by atoms with E-state index >= 15 is 4.39 Å². The summed E-state index contributed by atoms with van der Waals surface area (Å²) in [7, 11) is 0. The zero-order valence-corrected chi connectivity index (χ0v) is 28.1. The first kappa shape index (κ1) is 35.9. The molecule has 4 fully saturated rings. The Bertz CT molecular complexity index is 2030. The number of alkyl halides is 4. The summed E-state index contributed by atoms with van der Waals surface area (Å²) < 4.78 is 84.3. The van der Waals surface area contributed by atoms with Crippen molar-refractivity contribution >= 4 is 33.5 Å². The number of aliphatic carboxylic acids is 1. The van der Waals surface area contributed by atoms with E-state index in [4.69, 9.17) is 19.6 Å². The number of hydrogen-bond donors (Lipinski definition) is 3. The number of pyridine rings is 1. The SMILES string of the molecule is CCc1c(F)ccc2cc(O)cc(-c3ncc4c(N5C6CCC(O)C5CC6)nc(OC[C@@]56CCCN5C[C@H](F)C6)nc4c3F)c12.O=C(O)C(F)(F)F. The van der Waals surface area contributed by atoms with Crippen molar-refractivity contribution in [2.24, 2.45) is 0 Å². The molecule has 6 heterocycles. The molecule has 5 atom stereocenters. The molecule has 3 N–H and O–H groups in total. The maximum absolute atomic E-state index is 16.9. The molecule has 0 radical (unpaired) electrons. The van der Waals surface area contributed by atoms with Gasteiger partial charge in [0.25, 0.3) is 0 Å². The second-order valence-electron chi connectivity index (χ2n) is 14.0. The first-order valence-corrected chi connectivity index (χ1v) is 17.3. The molecule has 2 bridgehead atoms. The standard InChI is InChI=1S/C34H36F3N5O3.C2HF3O2/c1-2-22-25(36)7-4-18-12-21(43)13-23(28(18)22)30-29(37)31-24(15-38-30)32(42-20-5-8-26(42)27(44)9-6-20)40-33(39-31)45-17-34-10-3-11-41(34)16-19(35)14-34;3-2(4,5)1(6)7/h4,7,12-13,15,19-20,26-27,43-44H,2-3,5-6,8-11,14,16-17H2,1H3;(H,6,7)/t19-,20?,26?,27?,34+;/m1./s1. The quantitative estimate of drug-likeness (QED) is 0.190. The molecule has 10 nitrogen and oxygen atoms in total. The molecular weight excluding hydrogens is 696 g/mol. The van der Waals surface area contributed by atoms with Crippen molar-refractivity contribution in [3.05, 3.63) is 47.7 Å². The van der Waals surface area contributed by atoms with Gasteiger partial charge in [-0.1, -0.05) is 13.0 Å². The Morgan fingerprint density at radius 1 is 1.12 bits per heavy atom. The lowest BCUT2D eigenvalue weighted by molar-refractivity contribution is -0.192. The molecule has 2 aromatic heterocycles.